The molecule has 0 aromatic heterocycles. The molecule has 0 amide bonds. The zero-order chi connectivity index (χ0) is 8.91. The van der Waals surface area contributed by atoms with Crippen molar-refractivity contribution >= 4 is 8.32 Å². The maximum absolute atomic E-state index is 5.92. The average Bonchev–Trinajstić information content (AvgIpc) is 2.00. The van der Waals surface area contributed by atoms with E-state index in [0.29, 0.717) is 0 Å². The lowest BCUT2D eigenvalue weighted by Crippen LogP contribution is -2.52. The molecule has 0 aromatic rings. The standard InChI is InChI=1S/C8H21NOSi/c1-5-10-11(6-2,7-3)8(4)9/h8H,5-7,9H2,1-4H3. The lowest BCUT2D eigenvalue weighted by atomic mass is 10.8. The highest BCUT2D eigenvalue weighted by Gasteiger charge is 2.34. The Balaban J connectivity index is 4.20. The fourth-order valence-corrected chi connectivity index (χ4v) is 4.55. The summed E-state index contributed by atoms with van der Waals surface area (Å²) in [5.74, 6) is 0. The molecule has 2 N–H and O–H groups in total. The first kappa shape index (κ1) is 11.1. The highest BCUT2D eigenvalue weighted by molar-refractivity contribution is 6.75. The maximum atomic E-state index is 5.92. The molecule has 0 saturated carbocycles. The van der Waals surface area contributed by atoms with Gasteiger partial charge in [-0.2, -0.15) is 0 Å². The molecule has 0 heterocycles. The van der Waals surface area contributed by atoms with E-state index in [-0.39, 0.29) is 5.67 Å². The van der Waals surface area contributed by atoms with Crippen molar-refractivity contribution in [3.05, 3.63) is 0 Å². The monoisotopic (exact) mass is 175 g/mol. The summed E-state index contributed by atoms with van der Waals surface area (Å²) < 4.78 is 5.80. The van der Waals surface area contributed by atoms with E-state index in [1.165, 1.54) is 0 Å². The van der Waals surface area contributed by atoms with Crippen molar-refractivity contribution in [2.24, 2.45) is 5.73 Å². The maximum Gasteiger partial charge on any atom is 0.208 e. The molecule has 0 aliphatic carbocycles. The van der Waals surface area contributed by atoms with Crippen LogP contribution in [0.25, 0.3) is 0 Å². The van der Waals surface area contributed by atoms with Crippen LogP contribution in [0, 0.1) is 0 Å². The van der Waals surface area contributed by atoms with Crippen LogP contribution in [0.3, 0.4) is 0 Å². The second-order valence-corrected chi connectivity index (χ2v) is 7.74. The summed E-state index contributed by atoms with van der Waals surface area (Å²) in [6.07, 6.45) is 0. The Morgan fingerprint density at radius 3 is 1.82 bits per heavy atom. The molecule has 0 bridgehead atoms. The van der Waals surface area contributed by atoms with E-state index in [1.807, 2.05) is 0 Å². The van der Waals surface area contributed by atoms with Crippen LogP contribution in [-0.2, 0) is 4.43 Å². The van der Waals surface area contributed by atoms with Crippen molar-refractivity contribution in [1.82, 2.24) is 0 Å². The van der Waals surface area contributed by atoms with Gasteiger partial charge in [0.25, 0.3) is 0 Å². The van der Waals surface area contributed by atoms with Crippen molar-refractivity contribution in [3.63, 3.8) is 0 Å². The van der Waals surface area contributed by atoms with Crippen molar-refractivity contribution < 1.29 is 4.43 Å². The Kier molecular flexibility index (Phi) is 4.96. The summed E-state index contributed by atoms with van der Waals surface area (Å²) in [6, 6.07) is 2.27. The quantitative estimate of drug-likeness (QED) is 0.648. The van der Waals surface area contributed by atoms with Gasteiger partial charge in [0.2, 0.25) is 8.32 Å². The molecule has 0 aliphatic heterocycles. The molecule has 0 spiro atoms. The van der Waals surface area contributed by atoms with Crippen molar-refractivity contribution in [2.45, 2.75) is 45.4 Å². The summed E-state index contributed by atoms with van der Waals surface area (Å²) in [7, 11) is -1.54. The van der Waals surface area contributed by atoms with Crippen LogP contribution in [0.4, 0.5) is 0 Å². The number of rotatable bonds is 5. The molecule has 2 nitrogen and oxygen atoms in total. The smallest absolute Gasteiger partial charge is 0.208 e. The van der Waals surface area contributed by atoms with Gasteiger partial charge in [-0.3, -0.25) is 0 Å². The van der Waals surface area contributed by atoms with Crippen LogP contribution in [0.5, 0.6) is 0 Å². The first-order valence-electron chi connectivity index (χ1n) is 4.52. The third-order valence-corrected chi connectivity index (χ3v) is 7.38. The van der Waals surface area contributed by atoms with Gasteiger partial charge in [-0.05, 0) is 19.0 Å². The topological polar surface area (TPSA) is 35.2 Å². The highest BCUT2D eigenvalue weighted by atomic mass is 28.4. The van der Waals surface area contributed by atoms with Gasteiger partial charge in [-0.25, -0.2) is 0 Å². The third-order valence-electron chi connectivity index (χ3n) is 2.46. The number of nitrogens with two attached hydrogens (primary N) is 1. The molecule has 1 atom stereocenters. The van der Waals surface area contributed by atoms with E-state index in [1.54, 1.807) is 0 Å². The molecule has 0 aromatic carbocycles. The number of hydrogen-bond donors (Lipinski definition) is 1. The minimum absolute atomic E-state index is 0.262. The van der Waals surface area contributed by atoms with Gasteiger partial charge in [0.15, 0.2) is 0 Å². The minimum Gasteiger partial charge on any atom is -0.416 e. The molecule has 11 heavy (non-hydrogen) atoms. The third kappa shape index (κ3) is 2.58. The van der Waals surface area contributed by atoms with Crippen molar-refractivity contribution in [2.75, 3.05) is 6.61 Å². The van der Waals surface area contributed by atoms with Crippen LogP contribution in [0.1, 0.15) is 27.7 Å². The van der Waals surface area contributed by atoms with E-state index in [2.05, 4.69) is 27.7 Å². The van der Waals surface area contributed by atoms with Crippen LogP contribution >= 0.6 is 0 Å². The van der Waals surface area contributed by atoms with Gasteiger partial charge >= 0.3 is 0 Å². The fraction of sp³-hybridized carbons (Fsp3) is 1.00. The van der Waals surface area contributed by atoms with Gasteiger partial charge in [0.1, 0.15) is 0 Å². The first-order chi connectivity index (χ1) is 5.13. The summed E-state index contributed by atoms with van der Waals surface area (Å²) in [5.41, 5.74) is 6.18. The Labute approximate surface area is 71.3 Å². The fourth-order valence-electron chi connectivity index (χ4n) is 1.52. The Morgan fingerprint density at radius 2 is 1.73 bits per heavy atom. The SMILES string of the molecule is CCO[Si](CC)(CC)C(C)N. The summed E-state index contributed by atoms with van der Waals surface area (Å²) in [6.45, 7) is 9.32. The summed E-state index contributed by atoms with van der Waals surface area (Å²) in [4.78, 5) is 0. The van der Waals surface area contributed by atoms with E-state index in [0.717, 1.165) is 18.7 Å². The van der Waals surface area contributed by atoms with Gasteiger partial charge in [-0.1, -0.05) is 20.8 Å². The molecule has 3 heteroatoms. The zero-order valence-electron chi connectivity index (χ0n) is 8.18. The lowest BCUT2D eigenvalue weighted by molar-refractivity contribution is 0.313. The molecular weight excluding hydrogens is 154 g/mol. The second-order valence-electron chi connectivity index (χ2n) is 2.99. The predicted molar refractivity (Wildman–Crippen MR) is 52.0 cm³/mol. The van der Waals surface area contributed by atoms with E-state index in [4.69, 9.17) is 10.2 Å². The van der Waals surface area contributed by atoms with Gasteiger partial charge in [0.05, 0.1) is 0 Å². The van der Waals surface area contributed by atoms with Crippen LogP contribution in [0.15, 0.2) is 0 Å². The second kappa shape index (κ2) is 4.90. The largest absolute Gasteiger partial charge is 0.416 e. The Hall–Kier alpha value is 0.137. The lowest BCUT2D eigenvalue weighted by Gasteiger charge is -2.32. The van der Waals surface area contributed by atoms with E-state index in [9.17, 15) is 0 Å². The van der Waals surface area contributed by atoms with E-state index >= 15 is 0 Å². The zero-order valence-corrected chi connectivity index (χ0v) is 9.18. The van der Waals surface area contributed by atoms with Crippen LogP contribution in [0.2, 0.25) is 12.1 Å². The van der Waals surface area contributed by atoms with Crippen molar-refractivity contribution in [1.29, 1.82) is 0 Å². The predicted octanol–water partition coefficient (Wildman–Crippen LogP) is 1.89. The molecule has 0 fully saturated rings. The van der Waals surface area contributed by atoms with Gasteiger partial charge in [0, 0.05) is 12.3 Å². The minimum atomic E-state index is -1.54. The van der Waals surface area contributed by atoms with Crippen LogP contribution < -0.4 is 5.73 Å². The van der Waals surface area contributed by atoms with Gasteiger partial charge in [-0.15, -0.1) is 0 Å². The Bertz CT molecular complexity index is 102. The Morgan fingerprint density at radius 1 is 1.27 bits per heavy atom. The molecule has 0 rings (SSSR count). The molecule has 0 aliphatic rings. The van der Waals surface area contributed by atoms with Gasteiger partial charge < -0.3 is 10.2 Å². The summed E-state index contributed by atoms with van der Waals surface area (Å²) in [5, 5.41) is 0. The highest BCUT2D eigenvalue weighted by Crippen LogP contribution is 2.19. The van der Waals surface area contributed by atoms with Crippen molar-refractivity contribution in [3.8, 4) is 0 Å². The molecule has 68 valence electrons. The molecule has 1 unspecified atom stereocenters. The molecule has 0 saturated heterocycles. The molecule has 0 radical (unpaired) electrons. The van der Waals surface area contributed by atoms with E-state index < -0.39 is 8.32 Å². The van der Waals surface area contributed by atoms with Crippen LogP contribution in [-0.4, -0.2) is 20.6 Å². The summed E-state index contributed by atoms with van der Waals surface area (Å²) >= 11 is 0. The first-order valence-corrected chi connectivity index (χ1v) is 6.92. The average molecular weight is 175 g/mol. The normalized spacial score (nSPS) is 15.0. The number of hydrogen-bond acceptors (Lipinski definition) is 2. The molecular formula is C8H21NOSi.